The van der Waals surface area contributed by atoms with Gasteiger partial charge in [0.25, 0.3) is 0 Å². The molecule has 0 radical (unpaired) electrons. The second kappa shape index (κ2) is 8.11. The fourth-order valence-corrected chi connectivity index (χ4v) is 6.36. The maximum absolute atomic E-state index is 13.5. The van der Waals surface area contributed by atoms with Crippen LogP contribution in [0.3, 0.4) is 0 Å². The van der Waals surface area contributed by atoms with E-state index >= 15 is 0 Å². The maximum Gasteiger partial charge on any atom is 0.235 e. The van der Waals surface area contributed by atoms with E-state index in [0.29, 0.717) is 18.9 Å². The number of amides is 1. The number of ketones is 1. The van der Waals surface area contributed by atoms with Crippen molar-refractivity contribution in [2.45, 2.75) is 57.0 Å². The van der Waals surface area contributed by atoms with Gasteiger partial charge in [-0.1, -0.05) is 61.5 Å². The number of benzene rings is 3. The second-order valence-electron chi connectivity index (χ2n) is 9.77. The van der Waals surface area contributed by atoms with Crippen molar-refractivity contribution in [2.75, 3.05) is 18.0 Å². The summed E-state index contributed by atoms with van der Waals surface area (Å²) in [4.78, 5) is 30.3. The molecule has 2 aliphatic heterocycles. The SMILES string of the molecule is CCC(=O)CC1C(=O)N(C2CCN(C3Cc4cccc5cccc3c45)CC2)c2ccccc21. The number of para-hydroxylation sites is 1. The maximum atomic E-state index is 13.5. The summed E-state index contributed by atoms with van der Waals surface area (Å²) in [5, 5.41) is 2.79. The van der Waals surface area contributed by atoms with Gasteiger partial charge in [0.05, 0.1) is 5.92 Å². The number of carbonyl (C=O) groups is 2. The number of fused-ring (bicyclic) bond motifs is 1. The van der Waals surface area contributed by atoms with Crippen molar-refractivity contribution >= 4 is 28.2 Å². The van der Waals surface area contributed by atoms with Gasteiger partial charge in [0.2, 0.25) is 5.91 Å². The highest BCUT2D eigenvalue weighted by Crippen LogP contribution is 2.44. The number of Topliss-reactive ketones (excluding diaryl/α,β-unsaturated/α-hetero) is 1. The number of anilines is 1. The van der Waals surface area contributed by atoms with Gasteiger partial charge in [0.15, 0.2) is 0 Å². The van der Waals surface area contributed by atoms with Crippen LogP contribution >= 0.6 is 0 Å². The molecule has 168 valence electrons. The van der Waals surface area contributed by atoms with Gasteiger partial charge < -0.3 is 4.90 Å². The quantitative estimate of drug-likeness (QED) is 0.535. The molecule has 0 saturated carbocycles. The van der Waals surface area contributed by atoms with Gasteiger partial charge in [-0.05, 0) is 52.8 Å². The van der Waals surface area contributed by atoms with Crippen LogP contribution in [-0.4, -0.2) is 35.7 Å². The molecule has 6 rings (SSSR count). The molecule has 0 bridgehead atoms. The van der Waals surface area contributed by atoms with E-state index in [9.17, 15) is 9.59 Å². The zero-order chi connectivity index (χ0) is 22.5. The van der Waals surface area contributed by atoms with Crippen molar-refractivity contribution in [3.63, 3.8) is 0 Å². The summed E-state index contributed by atoms with van der Waals surface area (Å²) < 4.78 is 0. The van der Waals surface area contributed by atoms with Crippen LogP contribution in [-0.2, 0) is 16.0 Å². The lowest BCUT2D eigenvalue weighted by Gasteiger charge is -2.40. The minimum atomic E-state index is -0.311. The summed E-state index contributed by atoms with van der Waals surface area (Å²) in [5.74, 6) is -0.0297. The van der Waals surface area contributed by atoms with E-state index in [1.807, 2.05) is 30.0 Å². The van der Waals surface area contributed by atoms with Crippen LogP contribution in [0.2, 0.25) is 0 Å². The first kappa shape index (κ1) is 20.6. The Hall–Kier alpha value is -2.98. The predicted octanol–water partition coefficient (Wildman–Crippen LogP) is 5.40. The van der Waals surface area contributed by atoms with Gasteiger partial charge in [-0.15, -0.1) is 0 Å². The molecule has 0 N–H and O–H groups in total. The highest BCUT2D eigenvalue weighted by atomic mass is 16.2. The van der Waals surface area contributed by atoms with Crippen LogP contribution in [0, 0.1) is 0 Å². The fraction of sp³-hybridized carbons (Fsp3) is 0.379. The lowest BCUT2D eigenvalue weighted by molar-refractivity contribution is -0.125. The Morgan fingerprint density at radius 2 is 1.67 bits per heavy atom. The molecule has 2 heterocycles. The summed E-state index contributed by atoms with van der Waals surface area (Å²) in [6.07, 6.45) is 3.83. The molecule has 3 aromatic rings. The Morgan fingerprint density at radius 3 is 2.45 bits per heavy atom. The van der Waals surface area contributed by atoms with Crippen molar-refractivity contribution in [3.05, 3.63) is 77.4 Å². The Balaban J connectivity index is 1.21. The molecule has 33 heavy (non-hydrogen) atoms. The van der Waals surface area contributed by atoms with E-state index < -0.39 is 0 Å². The molecule has 1 aliphatic carbocycles. The largest absolute Gasteiger partial charge is 0.308 e. The standard InChI is InChI=1S/C29H30N2O2/c1-2-22(32)18-25-23-10-3-4-12-26(23)31(29(25)33)21-13-15-30(16-14-21)27-17-20-9-5-7-19-8-6-11-24(27)28(19)20/h3-12,21,25,27H,2,13-18H2,1H3. The highest BCUT2D eigenvalue weighted by molar-refractivity contribution is 6.07. The molecule has 0 spiro atoms. The number of likely N-dealkylation sites (tertiary alicyclic amines) is 1. The Labute approximate surface area is 195 Å². The van der Waals surface area contributed by atoms with Gasteiger partial charge in [-0.25, -0.2) is 0 Å². The van der Waals surface area contributed by atoms with Gasteiger partial charge >= 0.3 is 0 Å². The zero-order valence-corrected chi connectivity index (χ0v) is 19.2. The summed E-state index contributed by atoms with van der Waals surface area (Å²) in [6, 6.07) is 22.1. The highest BCUT2D eigenvalue weighted by Gasteiger charge is 2.42. The summed E-state index contributed by atoms with van der Waals surface area (Å²) >= 11 is 0. The first-order valence-corrected chi connectivity index (χ1v) is 12.3. The number of nitrogens with zero attached hydrogens (tertiary/aromatic N) is 2. The Bertz CT molecular complexity index is 1240. The topological polar surface area (TPSA) is 40.6 Å². The lowest BCUT2D eigenvalue weighted by atomic mass is 9.94. The fourth-order valence-electron chi connectivity index (χ4n) is 6.36. The van der Waals surface area contributed by atoms with Crippen LogP contribution in [0.15, 0.2) is 60.7 Å². The molecule has 4 heteroatoms. The molecule has 1 fully saturated rings. The molecule has 3 aromatic carbocycles. The van der Waals surface area contributed by atoms with Crippen molar-refractivity contribution in [2.24, 2.45) is 0 Å². The molecule has 4 nitrogen and oxygen atoms in total. The van der Waals surface area contributed by atoms with Crippen LogP contribution in [0.1, 0.15) is 61.3 Å². The number of hydrogen-bond donors (Lipinski definition) is 0. The van der Waals surface area contributed by atoms with Crippen LogP contribution in [0.4, 0.5) is 5.69 Å². The van der Waals surface area contributed by atoms with E-state index in [4.69, 9.17) is 0 Å². The van der Waals surface area contributed by atoms with Crippen LogP contribution in [0.25, 0.3) is 10.8 Å². The third-order valence-corrected chi connectivity index (χ3v) is 8.03. The van der Waals surface area contributed by atoms with Gasteiger partial charge in [-0.3, -0.25) is 14.5 Å². The molecule has 2 atom stereocenters. The van der Waals surface area contributed by atoms with Crippen molar-refractivity contribution in [1.29, 1.82) is 0 Å². The van der Waals surface area contributed by atoms with Gasteiger partial charge in [0, 0.05) is 43.7 Å². The molecule has 2 unspecified atom stereocenters. The minimum Gasteiger partial charge on any atom is -0.308 e. The van der Waals surface area contributed by atoms with Crippen molar-refractivity contribution < 1.29 is 9.59 Å². The van der Waals surface area contributed by atoms with Crippen LogP contribution < -0.4 is 4.90 Å². The summed E-state index contributed by atoms with van der Waals surface area (Å²) in [5.41, 5.74) is 4.97. The first-order chi connectivity index (χ1) is 16.2. The van der Waals surface area contributed by atoms with Crippen LogP contribution in [0.5, 0.6) is 0 Å². The molecule has 1 saturated heterocycles. The van der Waals surface area contributed by atoms with E-state index in [0.717, 1.165) is 43.6 Å². The van der Waals surface area contributed by atoms with E-state index in [-0.39, 0.29) is 23.7 Å². The molecule has 0 aromatic heterocycles. The third kappa shape index (κ3) is 3.31. The summed E-state index contributed by atoms with van der Waals surface area (Å²) in [7, 11) is 0. The Kier molecular flexibility index (Phi) is 5.06. The zero-order valence-electron chi connectivity index (χ0n) is 19.2. The molecular formula is C29H30N2O2. The van der Waals surface area contributed by atoms with Crippen molar-refractivity contribution in [1.82, 2.24) is 4.90 Å². The summed E-state index contributed by atoms with van der Waals surface area (Å²) in [6.45, 7) is 3.86. The van der Waals surface area contributed by atoms with E-state index in [1.165, 1.54) is 21.9 Å². The lowest BCUT2D eigenvalue weighted by Crippen LogP contribution is -2.47. The number of rotatable bonds is 5. The molecule has 1 amide bonds. The smallest absolute Gasteiger partial charge is 0.235 e. The third-order valence-electron chi connectivity index (χ3n) is 8.03. The van der Waals surface area contributed by atoms with E-state index in [2.05, 4.69) is 47.4 Å². The monoisotopic (exact) mass is 438 g/mol. The first-order valence-electron chi connectivity index (χ1n) is 12.3. The molecule has 3 aliphatic rings. The second-order valence-corrected chi connectivity index (χ2v) is 9.77. The number of piperidine rings is 1. The number of hydrogen-bond acceptors (Lipinski definition) is 3. The molecular weight excluding hydrogens is 408 g/mol. The normalized spacial score (nSPS) is 22.8. The Morgan fingerprint density at radius 1 is 0.939 bits per heavy atom. The predicted molar refractivity (Wildman–Crippen MR) is 132 cm³/mol. The van der Waals surface area contributed by atoms with E-state index in [1.54, 1.807) is 0 Å². The van der Waals surface area contributed by atoms with Gasteiger partial charge in [0.1, 0.15) is 5.78 Å². The number of carbonyl (C=O) groups excluding carboxylic acids is 2. The average Bonchev–Trinajstić information content (AvgIpc) is 3.36. The minimum absolute atomic E-state index is 0.120. The van der Waals surface area contributed by atoms with Gasteiger partial charge in [-0.2, -0.15) is 0 Å². The van der Waals surface area contributed by atoms with Crippen molar-refractivity contribution in [3.8, 4) is 0 Å². The average molecular weight is 439 g/mol.